The summed E-state index contributed by atoms with van der Waals surface area (Å²) < 4.78 is 6.10. The first-order valence-electron chi connectivity index (χ1n) is 5.31. The lowest BCUT2D eigenvalue weighted by Gasteiger charge is -2.28. The molecule has 0 radical (unpaired) electrons. The minimum absolute atomic E-state index is 0.311. The molecule has 2 saturated heterocycles. The minimum Gasteiger partial charge on any atom is -0.355 e. The molecule has 0 aromatic carbocycles. The summed E-state index contributed by atoms with van der Waals surface area (Å²) in [5.74, 6) is -0.265. The summed E-state index contributed by atoms with van der Waals surface area (Å²) in [7, 11) is 0. The first kappa shape index (κ1) is 10.9. The van der Waals surface area contributed by atoms with Gasteiger partial charge in [-0.3, -0.25) is 9.59 Å². The summed E-state index contributed by atoms with van der Waals surface area (Å²) in [5.41, 5.74) is 0. The largest absolute Gasteiger partial charge is 0.355 e. The van der Waals surface area contributed by atoms with Crippen LogP contribution in [0.1, 0.15) is 12.8 Å². The van der Waals surface area contributed by atoms with E-state index in [1.54, 1.807) is 18.3 Å². The number of anilines is 1. The fourth-order valence-corrected chi connectivity index (χ4v) is 2.46. The SMILES string of the molecule is O=C1C2CCC(O2)C(=O)N1c1cc(Br)ccn1. The first-order chi connectivity index (χ1) is 8.16. The van der Waals surface area contributed by atoms with E-state index in [9.17, 15) is 9.59 Å². The van der Waals surface area contributed by atoms with Crippen LogP contribution in [0.15, 0.2) is 22.8 Å². The lowest BCUT2D eigenvalue weighted by molar-refractivity contribution is -0.146. The summed E-state index contributed by atoms with van der Waals surface area (Å²) in [6, 6.07) is 3.40. The number of fused-ring (bicyclic) bond motifs is 2. The van der Waals surface area contributed by atoms with E-state index in [1.807, 2.05) is 0 Å². The number of hydrogen-bond acceptors (Lipinski definition) is 4. The highest BCUT2D eigenvalue weighted by Crippen LogP contribution is 2.31. The Hall–Kier alpha value is -1.27. The van der Waals surface area contributed by atoms with Gasteiger partial charge in [-0.05, 0) is 25.0 Å². The lowest BCUT2D eigenvalue weighted by atomic mass is 10.2. The fourth-order valence-electron chi connectivity index (χ4n) is 2.14. The highest BCUT2D eigenvalue weighted by atomic mass is 79.9. The zero-order valence-electron chi connectivity index (χ0n) is 8.80. The molecule has 6 heteroatoms. The van der Waals surface area contributed by atoms with E-state index >= 15 is 0 Å². The second-order valence-electron chi connectivity index (χ2n) is 4.03. The second kappa shape index (κ2) is 3.89. The molecular formula is C11H9BrN2O3. The Balaban J connectivity index is 2.02. The average molecular weight is 297 g/mol. The molecule has 3 heterocycles. The number of ether oxygens (including phenoxy) is 1. The van der Waals surface area contributed by atoms with Crippen molar-refractivity contribution in [1.82, 2.24) is 4.98 Å². The molecule has 2 amide bonds. The Morgan fingerprint density at radius 1 is 1.29 bits per heavy atom. The van der Waals surface area contributed by atoms with Crippen LogP contribution < -0.4 is 4.90 Å². The Labute approximate surface area is 106 Å². The van der Waals surface area contributed by atoms with E-state index in [4.69, 9.17) is 4.74 Å². The molecule has 0 spiro atoms. The van der Waals surface area contributed by atoms with Gasteiger partial charge in [0.05, 0.1) is 0 Å². The van der Waals surface area contributed by atoms with E-state index in [1.165, 1.54) is 0 Å². The van der Waals surface area contributed by atoms with Crippen LogP contribution in [0, 0.1) is 0 Å². The van der Waals surface area contributed by atoms with Crippen LogP contribution >= 0.6 is 15.9 Å². The summed E-state index contributed by atoms with van der Waals surface area (Å²) in [6.45, 7) is 0. The molecular weight excluding hydrogens is 288 g/mol. The molecule has 1 aromatic heterocycles. The van der Waals surface area contributed by atoms with E-state index in [0.717, 1.165) is 9.37 Å². The van der Waals surface area contributed by atoms with Gasteiger partial charge in [0, 0.05) is 10.7 Å². The third kappa shape index (κ3) is 1.68. The Morgan fingerprint density at radius 2 is 1.94 bits per heavy atom. The van der Waals surface area contributed by atoms with E-state index < -0.39 is 12.2 Å². The number of rotatable bonds is 1. The quantitative estimate of drug-likeness (QED) is 0.732. The molecule has 2 atom stereocenters. The van der Waals surface area contributed by atoms with Crippen LogP contribution in [-0.4, -0.2) is 29.0 Å². The Bertz CT molecular complexity index is 483. The number of halogens is 1. The number of imide groups is 1. The highest BCUT2D eigenvalue weighted by Gasteiger charge is 2.47. The lowest BCUT2D eigenvalue weighted by Crippen LogP contribution is -2.52. The second-order valence-corrected chi connectivity index (χ2v) is 4.95. The van der Waals surface area contributed by atoms with Crippen molar-refractivity contribution in [3.63, 3.8) is 0 Å². The summed E-state index contributed by atoms with van der Waals surface area (Å²) in [5, 5.41) is 0. The van der Waals surface area contributed by atoms with E-state index in [2.05, 4.69) is 20.9 Å². The number of morpholine rings is 1. The highest BCUT2D eigenvalue weighted by molar-refractivity contribution is 9.10. The Kier molecular flexibility index (Phi) is 2.48. The molecule has 2 aliphatic rings. The molecule has 88 valence electrons. The van der Waals surface area contributed by atoms with Gasteiger partial charge in [-0.15, -0.1) is 0 Å². The van der Waals surface area contributed by atoms with Crippen molar-refractivity contribution < 1.29 is 14.3 Å². The normalized spacial score (nSPS) is 27.7. The number of amides is 2. The molecule has 2 unspecified atom stereocenters. The molecule has 2 aliphatic heterocycles. The molecule has 0 saturated carbocycles. The van der Waals surface area contributed by atoms with Crippen LogP contribution in [-0.2, 0) is 14.3 Å². The van der Waals surface area contributed by atoms with Crippen molar-refractivity contribution in [3.8, 4) is 0 Å². The molecule has 2 bridgehead atoms. The monoisotopic (exact) mass is 296 g/mol. The zero-order valence-corrected chi connectivity index (χ0v) is 10.4. The van der Waals surface area contributed by atoms with Crippen molar-refractivity contribution in [2.45, 2.75) is 25.0 Å². The van der Waals surface area contributed by atoms with Crippen molar-refractivity contribution in [2.24, 2.45) is 0 Å². The zero-order chi connectivity index (χ0) is 12.0. The van der Waals surface area contributed by atoms with Crippen LogP contribution in [0.4, 0.5) is 5.82 Å². The Morgan fingerprint density at radius 3 is 2.53 bits per heavy atom. The third-order valence-electron chi connectivity index (χ3n) is 2.95. The van der Waals surface area contributed by atoms with Crippen LogP contribution in [0.2, 0.25) is 0 Å². The molecule has 1 aromatic rings. The van der Waals surface area contributed by atoms with E-state index in [0.29, 0.717) is 18.7 Å². The molecule has 0 N–H and O–H groups in total. The smallest absolute Gasteiger partial charge is 0.264 e. The van der Waals surface area contributed by atoms with Gasteiger partial charge in [0.15, 0.2) is 0 Å². The van der Waals surface area contributed by atoms with Crippen molar-refractivity contribution >= 4 is 33.6 Å². The molecule has 0 aliphatic carbocycles. The predicted octanol–water partition coefficient (Wildman–Crippen LogP) is 1.26. The number of carbonyl (C=O) groups excluding carboxylic acids is 2. The maximum atomic E-state index is 12.0. The predicted molar refractivity (Wildman–Crippen MR) is 62.3 cm³/mol. The summed E-state index contributed by atoms with van der Waals surface area (Å²) >= 11 is 3.29. The summed E-state index contributed by atoms with van der Waals surface area (Å²) in [4.78, 5) is 29.3. The third-order valence-corrected chi connectivity index (χ3v) is 3.44. The topological polar surface area (TPSA) is 59.5 Å². The van der Waals surface area contributed by atoms with Gasteiger partial charge in [-0.2, -0.15) is 0 Å². The van der Waals surface area contributed by atoms with E-state index in [-0.39, 0.29) is 11.8 Å². The molecule has 2 fully saturated rings. The fraction of sp³-hybridized carbons (Fsp3) is 0.364. The van der Waals surface area contributed by atoms with Crippen molar-refractivity contribution in [2.75, 3.05) is 4.90 Å². The number of carbonyl (C=O) groups is 2. The van der Waals surface area contributed by atoms with Crippen LogP contribution in [0.3, 0.4) is 0 Å². The van der Waals surface area contributed by atoms with Gasteiger partial charge in [-0.25, -0.2) is 9.88 Å². The maximum Gasteiger partial charge on any atom is 0.264 e. The van der Waals surface area contributed by atoms with Gasteiger partial charge >= 0.3 is 0 Å². The van der Waals surface area contributed by atoms with Gasteiger partial charge in [0.2, 0.25) is 0 Å². The van der Waals surface area contributed by atoms with Gasteiger partial charge in [0.1, 0.15) is 18.0 Å². The van der Waals surface area contributed by atoms with Gasteiger partial charge in [0.25, 0.3) is 11.8 Å². The number of nitrogens with zero attached hydrogens (tertiary/aromatic N) is 2. The first-order valence-corrected chi connectivity index (χ1v) is 6.11. The number of hydrogen-bond donors (Lipinski definition) is 0. The molecule has 17 heavy (non-hydrogen) atoms. The number of pyridine rings is 1. The minimum atomic E-state index is -0.488. The molecule has 5 nitrogen and oxygen atoms in total. The van der Waals surface area contributed by atoms with Crippen LogP contribution in [0.5, 0.6) is 0 Å². The number of aromatic nitrogens is 1. The van der Waals surface area contributed by atoms with Crippen LogP contribution in [0.25, 0.3) is 0 Å². The summed E-state index contributed by atoms with van der Waals surface area (Å²) in [6.07, 6.45) is 1.80. The molecule has 3 rings (SSSR count). The van der Waals surface area contributed by atoms with Crippen molar-refractivity contribution in [3.05, 3.63) is 22.8 Å². The van der Waals surface area contributed by atoms with Crippen molar-refractivity contribution in [1.29, 1.82) is 0 Å². The average Bonchev–Trinajstić information content (AvgIpc) is 2.74. The standard InChI is InChI=1S/C11H9BrN2O3/c12-6-3-4-13-9(5-6)14-10(15)7-1-2-8(17-7)11(14)16/h3-5,7-8H,1-2H2. The maximum absolute atomic E-state index is 12.0. The van der Waals surface area contributed by atoms with Gasteiger partial charge < -0.3 is 4.74 Å². The van der Waals surface area contributed by atoms with Gasteiger partial charge in [-0.1, -0.05) is 15.9 Å².